The van der Waals surface area contributed by atoms with Crippen LogP contribution in [-0.2, 0) is 16.1 Å². The second-order valence-electron chi connectivity index (χ2n) is 2.99. The minimum Gasteiger partial charge on any atom is -0.370 e. The third kappa shape index (κ3) is 4.52. The summed E-state index contributed by atoms with van der Waals surface area (Å²) in [6, 6.07) is 0. The number of rotatable bonds is 7. The van der Waals surface area contributed by atoms with E-state index in [0.29, 0.717) is 19.7 Å². The molecule has 0 saturated heterocycles. The number of primary amides is 1. The Hall–Kier alpha value is -1.47. The summed E-state index contributed by atoms with van der Waals surface area (Å²) < 4.78 is 9.47. The lowest BCUT2D eigenvalue weighted by molar-refractivity contribution is -0.122. The van der Waals surface area contributed by atoms with Crippen LogP contribution >= 0.6 is 0 Å². The van der Waals surface area contributed by atoms with E-state index >= 15 is 0 Å². The summed E-state index contributed by atoms with van der Waals surface area (Å²) in [4.78, 5) is 10.3. The molecule has 0 bridgehead atoms. The van der Waals surface area contributed by atoms with Gasteiger partial charge < -0.3 is 15.8 Å². The number of hydrogen-bond acceptors (Lipinski definition) is 6. The van der Waals surface area contributed by atoms with Gasteiger partial charge in [-0.2, -0.15) is 0 Å². The predicted octanol–water partition coefficient (Wildman–Crippen LogP) is -1.03. The van der Waals surface area contributed by atoms with Crippen LogP contribution in [0.15, 0.2) is 4.63 Å². The van der Waals surface area contributed by atoms with Crippen molar-refractivity contribution in [3.8, 4) is 0 Å². The lowest BCUT2D eigenvalue weighted by atomic mass is 10.3. The van der Waals surface area contributed by atoms with E-state index in [1.54, 1.807) is 0 Å². The summed E-state index contributed by atoms with van der Waals surface area (Å²) in [6.45, 7) is 3.37. The molecule has 0 unspecified atom stereocenters. The molecular formula is C8H14N4O3. The van der Waals surface area contributed by atoms with Crippen molar-refractivity contribution >= 4 is 5.91 Å². The molecule has 15 heavy (non-hydrogen) atoms. The Bertz CT molecular complexity index is 313. The van der Waals surface area contributed by atoms with Gasteiger partial charge in [0.1, 0.15) is 18.0 Å². The maximum absolute atomic E-state index is 10.3. The maximum Gasteiger partial charge on any atom is 0.243 e. The van der Waals surface area contributed by atoms with Crippen molar-refractivity contribution in [2.75, 3.05) is 19.8 Å². The highest BCUT2D eigenvalue weighted by Crippen LogP contribution is 1.98. The largest absolute Gasteiger partial charge is 0.370 e. The topological polar surface area (TPSA) is 103 Å². The van der Waals surface area contributed by atoms with Crippen molar-refractivity contribution in [2.45, 2.75) is 13.5 Å². The molecule has 1 aromatic heterocycles. The molecule has 1 aromatic rings. The summed E-state index contributed by atoms with van der Waals surface area (Å²) in [5.74, 6) is -0.466. The zero-order chi connectivity index (χ0) is 11.1. The first-order valence-corrected chi connectivity index (χ1v) is 4.55. The highest BCUT2D eigenvalue weighted by Gasteiger charge is 2.03. The van der Waals surface area contributed by atoms with E-state index in [1.807, 2.05) is 6.92 Å². The Morgan fingerprint density at radius 2 is 2.40 bits per heavy atom. The van der Waals surface area contributed by atoms with Crippen LogP contribution < -0.4 is 11.1 Å². The van der Waals surface area contributed by atoms with Crippen molar-refractivity contribution < 1.29 is 14.2 Å². The molecule has 3 N–H and O–H groups in total. The van der Waals surface area contributed by atoms with Gasteiger partial charge in [0, 0.05) is 13.1 Å². The highest BCUT2D eigenvalue weighted by molar-refractivity contribution is 5.74. The SMILES string of the molecule is Cc1nonc1CNCCOCC(N)=O. The number of nitrogens with zero attached hydrogens (tertiary/aromatic N) is 2. The summed E-state index contributed by atoms with van der Waals surface area (Å²) in [5.41, 5.74) is 6.42. The second kappa shape index (κ2) is 6.10. The van der Waals surface area contributed by atoms with Crippen LogP contribution in [0.25, 0.3) is 0 Å². The molecule has 0 aliphatic carbocycles. The third-order valence-electron chi connectivity index (χ3n) is 1.71. The normalized spacial score (nSPS) is 10.5. The van der Waals surface area contributed by atoms with Gasteiger partial charge in [0.25, 0.3) is 0 Å². The fraction of sp³-hybridized carbons (Fsp3) is 0.625. The van der Waals surface area contributed by atoms with Gasteiger partial charge in [-0.25, -0.2) is 4.63 Å². The number of nitrogens with one attached hydrogen (secondary N) is 1. The molecule has 0 aromatic carbocycles. The maximum atomic E-state index is 10.3. The number of ether oxygens (including phenoxy) is 1. The number of hydrogen-bond donors (Lipinski definition) is 2. The van der Waals surface area contributed by atoms with E-state index in [9.17, 15) is 4.79 Å². The standard InChI is InChI=1S/C8H14N4O3/c1-6-7(12-15-11-6)4-10-2-3-14-5-8(9)13/h10H,2-5H2,1H3,(H2,9,13). The number of nitrogens with two attached hydrogens (primary N) is 1. The molecule has 7 heteroatoms. The minimum atomic E-state index is -0.466. The predicted molar refractivity (Wildman–Crippen MR) is 50.8 cm³/mol. The Morgan fingerprint density at radius 3 is 3.00 bits per heavy atom. The Morgan fingerprint density at radius 1 is 1.60 bits per heavy atom. The second-order valence-corrected chi connectivity index (χ2v) is 2.99. The van der Waals surface area contributed by atoms with E-state index in [0.717, 1.165) is 11.4 Å². The van der Waals surface area contributed by atoms with Gasteiger partial charge in [-0.1, -0.05) is 10.3 Å². The first kappa shape index (κ1) is 11.6. The zero-order valence-electron chi connectivity index (χ0n) is 8.52. The molecule has 1 amide bonds. The highest BCUT2D eigenvalue weighted by atomic mass is 16.6. The van der Waals surface area contributed by atoms with Crippen molar-refractivity contribution in [1.82, 2.24) is 15.6 Å². The van der Waals surface area contributed by atoms with Crippen LogP contribution in [0.2, 0.25) is 0 Å². The van der Waals surface area contributed by atoms with Crippen LogP contribution in [-0.4, -0.2) is 36.0 Å². The van der Waals surface area contributed by atoms with Crippen LogP contribution in [0.1, 0.15) is 11.4 Å². The number of aromatic nitrogens is 2. The van der Waals surface area contributed by atoms with Crippen LogP contribution in [0.4, 0.5) is 0 Å². The average molecular weight is 214 g/mol. The van der Waals surface area contributed by atoms with Gasteiger partial charge in [0.2, 0.25) is 5.91 Å². The molecule has 0 fully saturated rings. The molecule has 0 aliphatic heterocycles. The minimum absolute atomic E-state index is 0.0494. The number of carbonyl (C=O) groups excluding carboxylic acids is 1. The van der Waals surface area contributed by atoms with E-state index in [4.69, 9.17) is 10.5 Å². The first-order chi connectivity index (χ1) is 7.20. The molecule has 0 saturated carbocycles. The van der Waals surface area contributed by atoms with Gasteiger partial charge >= 0.3 is 0 Å². The van der Waals surface area contributed by atoms with Crippen molar-refractivity contribution in [1.29, 1.82) is 0 Å². The van der Waals surface area contributed by atoms with Gasteiger partial charge in [0.15, 0.2) is 0 Å². The van der Waals surface area contributed by atoms with E-state index in [2.05, 4.69) is 20.3 Å². The van der Waals surface area contributed by atoms with Gasteiger partial charge in [-0.15, -0.1) is 0 Å². The Balaban J connectivity index is 2.03. The molecule has 0 atom stereocenters. The quantitative estimate of drug-likeness (QED) is 0.562. The molecule has 1 heterocycles. The number of amides is 1. The van der Waals surface area contributed by atoms with E-state index in [-0.39, 0.29) is 6.61 Å². The molecule has 0 radical (unpaired) electrons. The van der Waals surface area contributed by atoms with Crippen molar-refractivity contribution in [2.24, 2.45) is 5.73 Å². The van der Waals surface area contributed by atoms with Gasteiger partial charge in [-0.05, 0) is 6.92 Å². The molecule has 0 aliphatic rings. The lowest BCUT2D eigenvalue weighted by Crippen LogP contribution is -2.24. The molecule has 7 nitrogen and oxygen atoms in total. The van der Waals surface area contributed by atoms with Crippen molar-refractivity contribution in [3.63, 3.8) is 0 Å². The fourth-order valence-corrected chi connectivity index (χ4v) is 0.934. The van der Waals surface area contributed by atoms with Gasteiger partial charge in [-0.3, -0.25) is 4.79 Å². The summed E-state index contributed by atoms with van der Waals surface area (Å²) in [6.07, 6.45) is 0. The molecule has 0 spiro atoms. The first-order valence-electron chi connectivity index (χ1n) is 4.55. The fourth-order valence-electron chi connectivity index (χ4n) is 0.934. The van der Waals surface area contributed by atoms with Crippen LogP contribution in [0.3, 0.4) is 0 Å². The number of aryl methyl sites for hydroxylation is 1. The molecule has 1 rings (SSSR count). The molecule has 84 valence electrons. The Labute approximate surface area is 86.9 Å². The summed E-state index contributed by atoms with van der Waals surface area (Å²) in [7, 11) is 0. The Kier molecular flexibility index (Phi) is 4.72. The van der Waals surface area contributed by atoms with Crippen LogP contribution in [0, 0.1) is 6.92 Å². The van der Waals surface area contributed by atoms with E-state index in [1.165, 1.54) is 0 Å². The zero-order valence-corrected chi connectivity index (χ0v) is 8.52. The summed E-state index contributed by atoms with van der Waals surface area (Å²) in [5, 5.41) is 10.4. The monoisotopic (exact) mass is 214 g/mol. The van der Waals surface area contributed by atoms with E-state index < -0.39 is 5.91 Å². The third-order valence-corrected chi connectivity index (χ3v) is 1.71. The molecular weight excluding hydrogens is 200 g/mol. The smallest absolute Gasteiger partial charge is 0.243 e. The lowest BCUT2D eigenvalue weighted by Gasteiger charge is -2.02. The van der Waals surface area contributed by atoms with Crippen LogP contribution in [0.5, 0.6) is 0 Å². The van der Waals surface area contributed by atoms with Gasteiger partial charge in [0.05, 0.1) is 6.61 Å². The number of carbonyl (C=O) groups is 1. The average Bonchev–Trinajstić information content (AvgIpc) is 2.57. The van der Waals surface area contributed by atoms with Crippen molar-refractivity contribution in [3.05, 3.63) is 11.4 Å². The summed E-state index contributed by atoms with van der Waals surface area (Å²) >= 11 is 0.